The maximum atomic E-state index is 13.4. The first kappa shape index (κ1) is 12.9. The lowest BCUT2D eigenvalue weighted by Crippen LogP contribution is -2.01. The van der Waals surface area contributed by atoms with Crippen molar-refractivity contribution in [2.75, 3.05) is 5.32 Å². The summed E-state index contributed by atoms with van der Waals surface area (Å²) in [6.07, 6.45) is 1.17. The van der Waals surface area contributed by atoms with E-state index in [2.05, 4.69) is 15.3 Å². The summed E-state index contributed by atoms with van der Waals surface area (Å²) < 4.78 is 39.4. The second-order valence-corrected chi connectivity index (χ2v) is 3.95. The number of rotatable bonds is 2. The number of benzene rings is 1. The molecule has 94 valence electrons. The first-order valence-electron chi connectivity index (χ1n) is 4.57. The summed E-state index contributed by atoms with van der Waals surface area (Å²) in [4.78, 5) is 7.23. The molecule has 2 rings (SSSR count). The van der Waals surface area contributed by atoms with E-state index < -0.39 is 23.1 Å². The van der Waals surface area contributed by atoms with Crippen molar-refractivity contribution in [3.63, 3.8) is 0 Å². The van der Waals surface area contributed by atoms with Gasteiger partial charge in [-0.2, -0.15) is 4.98 Å². The molecule has 1 N–H and O–H groups in total. The predicted octanol–water partition coefficient (Wildman–Crippen LogP) is 3.94. The maximum absolute atomic E-state index is 13.4. The van der Waals surface area contributed by atoms with Crippen molar-refractivity contribution in [2.45, 2.75) is 0 Å². The molecule has 18 heavy (non-hydrogen) atoms. The van der Waals surface area contributed by atoms with Crippen LogP contribution in [0.1, 0.15) is 0 Å². The standard InChI is InChI=1S/C10H4Cl2F3N3/c11-5-3-16-10(12)18-9(5)17-8-6(14)1-4(13)2-7(8)15/h1-3H,(H,16,17,18). The molecular weight excluding hydrogens is 290 g/mol. The number of hydrogen-bond donors (Lipinski definition) is 1. The number of nitrogens with one attached hydrogen (secondary N) is 1. The second-order valence-electron chi connectivity index (χ2n) is 3.21. The first-order chi connectivity index (χ1) is 8.47. The molecule has 1 aromatic carbocycles. The number of aromatic nitrogens is 2. The van der Waals surface area contributed by atoms with Gasteiger partial charge in [-0.15, -0.1) is 0 Å². The Kier molecular flexibility index (Phi) is 3.58. The molecule has 1 heterocycles. The molecule has 0 aliphatic heterocycles. The number of hydrogen-bond acceptors (Lipinski definition) is 3. The molecule has 2 aromatic rings. The molecular formula is C10H4Cl2F3N3. The molecule has 0 saturated carbocycles. The molecule has 0 aliphatic rings. The van der Waals surface area contributed by atoms with Crippen molar-refractivity contribution in [3.05, 3.63) is 46.1 Å². The lowest BCUT2D eigenvalue weighted by atomic mass is 10.2. The predicted molar refractivity (Wildman–Crippen MR) is 61.7 cm³/mol. The van der Waals surface area contributed by atoms with E-state index in [0.717, 1.165) is 0 Å². The van der Waals surface area contributed by atoms with Crippen LogP contribution in [-0.2, 0) is 0 Å². The van der Waals surface area contributed by atoms with E-state index in [0.29, 0.717) is 12.1 Å². The summed E-state index contributed by atoms with van der Waals surface area (Å²) in [5.41, 5.74) is -0.576. The minimum absolute atomic E-state index is 0.0162. The second kappa shape index (κ2) is 4.99. The molecule has 1 aromatic heterocycles. The highest BCUT2D eigenvalue weighted by Gasteiger charge is 2.14. The van der Waals surface area contributed by atoms with Crippen LogP contribution in [0.2, 0.25) is 10.3 Å². The largest absolute Gasteiger partial charge is 0.334 e. The van der Waals surface area contributed by atoms with Crippen LogP contribution in [0.4, 0.5) is 24.7 Å². The third kappa shape index (κ3) is 2.65. The van der Waals surface area contributed by atoms with Crippen LogP contribution in [0.25, 0.3) is 0 Å². The normalized spacial score (nSPS) is 10.5. The van der Waals surface area contributed by atoms with Crippen molar-refractivity contribution in [1.29, 1.82) is 0 Å². The van der Waals surface area contributed by atoms with Crippen LogP contribution < -0.4 is 5.32 Å². The van der Waals surface area contributed by atoms with Gasteiger partial charge in [-0.25, -0.2) is 18.2 Å². The minimum atomic E-state index is -1.11. The lowest BCUT2D eigenvalue weighted by molar-refractivity contribution is 0.549. The van der Waals surface area contributed by atoms with Crippen molar-refractivity contribution in [2.24, 2.45) is 0 Å². The average Bonchev–Trinajstić information content (AvgIpc) is 2.28. The zero-order valence-corrected chi connectivity index (χ0v) is 10.0. The Hall–Kier alpha value is -1.53. The van der Waals surface area contributed by atoms with Crippen LogP contribution in [0.15, 0.2) is 18.3 Å². The molecule has 0 bridgehead atoms. The Bertz CT molecular complexity index is 584. The molecule has 0 aliphatic carbocycles. The summed E-state index contributed by atoms with van der Waals surface area (Å²) >= 11 is 11.2. The third-order valence-corrected chi connectivity index (χ3v) is 2.42. The van der Waals surface area contributed by atoms with Gasteiger partial charge in [0.1, 0.15) is 16.5 Å². The van der Waals surface area contributed by atoms with Crippen molar-refractivity contribution in [1.82, 2.24) is 9.97 Å². The van der Waals surface area contributed by atoms with E-state index in [9.17, 15) is 13.2 Å². The van der Waals surface area contributed by atoms with E-state index in [1.165, 1.54) is 6.20 Å². The van der Waals surface area contributed by atoms with Crippen LogP contribution in [0.3, 0.4) is 0 Å². The molecule has 0 atom stereocenters. The molecule has 0 amide bonds. The number of nitrogens with zero attached hydrogens (tertiary/aromatic N) is 2. The highest BCUT2D eigenvalue weighted by Crippen LogP contribution is 2.27. The zero-order valence-electron chi connectivity index (χ0n) is 8.52. The Morgan fingerprint density at radius 2 is 1.67 bits per heavy atom. The van der Waals surface area contributed by atoms with E-state index in [4.69, 9.17) is 23.2 Å². The Labute approximate surface area is 110 Å². The summed E-state index contributed by atoms with van der Waals surface area (Å²) in [6.45, 7) is 0. The number of anilines is 2. The molecule has 0 saturated heterocycles. The van der Waals surface area contributed by atoms with Crippen molar-refractivity contribution in [3.8, 4) is 0 Å². The highest BCUT2D eigenvalue weighted by atomic mass is 35.5. The maximum Gasteiger partial charge on any atom is 0.224 e. The molecule has 0 spiro atoms. The Morgan fingerprint density at radius 3 is 2.28 bits per heavy atom. The van der Waals surface area contributed by atoms with Gasteiger partial charge in [-0.05, 0) is 11.6 Å². The Balaban J connectivity index is 2.43. The fraction of sp³-hybridized carbons (Fsp3) is 0. The van der Waals surface area contributed by atoms with Gasteiger partial charge in [0, 0.05) is 12.1 Å². The van der Waals surface area contributed by atoms with Gasteiger partial charge in [-0.1, -0.05) is 11.6 Å². The molecule has 0 radical (unpaired) electrons. The lowest BCUT2D eigenvalue weighted by Gasteiger charge is -2.09. The molecule has 3 nitrogen and oxygen atoms in total. The third-order valence-electron chi connectivity index (χ3n) is 1.96. The van der Waals surface area contributed by atoms with Crippen molar-refractivity contribution >= 4 is 34.7 Å². The van der Waals surface area contributed by atoms with Gasteiger partial charge in [0.15, 0.2) is 17.5 Å². The van der Waals surface area contributed by atoms with Gasteiger partial charge >= 0.3 is 0 Å². The SMILES string of the molecule is Fc1cc(F)c(Nc2nc(Cl)ncc2Cl)c(F)c1. The smallest absolute Gasteiger partial charge is 0.224 e. The minimum Gasteiger partial charge on any atom is -0.334 e. The topological polar surface area (TPSA) is 37.8 Å². The van der Waals surface area contributed by atoms with E-state index in [1.54, 1.807) is 0 Å². The summed E-state index contributed by atoms with van der Waals surface area (Å²) in [6, 6.07) is 1.06. The fourth-order valence-corrected chi connectivity index (χ4v) is 1.48. The zero-order chi connectivity index (χ0) is 13.3. The molecule has 0 fully saturated rings. The quantitative estimate of drug-likeness (QED) is 0.852. The van der Waals surface area contributed by atoms with Crippen LogP contribution >= 0.6 is 23.2 Å². The molecule has 8 heteroatoms. The van der Waals surface area contributed by atoms with Gasteiger partial charge < -0.3 is 5.32 Å². The summed E-state index contributed by atoms with van der Waals surface area (Å²) in [5.74, 6) is -3.33. The van der Waals surface area contributed by atoms with E-state index in [-0.39, 0.29) is 16.1 Å². The summed E-state index contributed by atoms with van der Waals surface area (Å²) in [5, 5.41) is 2.16. The fourth-order valence-electron chi connectivity index (χ4n) is 1.21. The van der Waals surface area contributed by atoms with Gasteiger partial charge in [-0.3, -0.25) is 0 Å². The van der Waals surface area contributed by atoms with E-state index >= 15 is 0 Å². The van der Waals surface area contributed by atoms with Gasteiger partial charge in [0.05, 0.1) is 6.20 Å². The summed E-state index contributed by atoms with van der Waals surface area (Å²) in [7, 11) is 0. The average molecular weight is 294 g/mol. The van der Waals surface area contributed by atoms with E-state index in [1.807, 2.05) is 0 Å². The van der Waals surface area contributed by atoms with Gasteiger partial charge in [0.25, 0.3) is 0 Å². The van der Waals surface area contributed by atoms with Gasteiger partial charge in [0.2, 0.25) is 5.28 Å². The first-order valence-corrected chi connectivity index (χ1v) is 5.32. The molecule has 0 unspecified atom stereocenters. The Morgan fingerprint density at radius 1 is 1.06 bits per heavy atom. The highest BCUT2D eigenvalue weighted by molar-refractivity contribution is 6.33. The van der Waals surface area contributed by atoms with Crippen LogP contribution in [0.5, 0.6) is 0 Å². The number of halogens is 5. The van der Waals surface area contributed by atoms with Crippen molar-refractivity contribution < 1.29 is 13.2 Å². The monoisotopic (exact) mass is 293 g/mol. The van der Waals surface area contributed by atoms with Crippen LogP contribution in [0, 0.1) is 17.5 Å². The van der Waals surface area contributed by atoms with Crippen LogP contribution in [-0.4, -0.2) is 9.97 Å².